The van der Waals surface area contributed by atoms with Crippen LogP contribution < -0.4 is 4.74 Å². The summed E-state index contributed by atoms with van der Waals surface area (Å²) in [6.45, 7) is 4.13. The van der Waals surface area contributed by atoms with Crippen LogP contribution in [0.15, 0.2) is 41.3 Å². The summed E-state index contributed by atoms with van der Waals surface area (Å²) in [6, 6.07) is 7.73. The van der Waals surface area contributed by atoms with Crippen molar-refractivity contribution in [3.8, 4) is 5.75 Å². The number of ketones is 1. The minimum Gasteiger partial charge on any atom is -0.493 e. The van der Waals surface area contributed by atoms with E-state index in [4.69, 9.17) is 14.2 Å². The van der Waals surface area contributed by atoms with Crippen LogP contribution in [0, 0.1) is 5.82 Å². The molecule has 0 saturated carbocycles. The van der Waals surface area contributed by atoms with Gasteiger partial charge in [0.2, 0.25) is 10.0 Å². The Hall–Kier alpha value is -2.82. The number of Topliss-reactive ketones (excluding diaryl/α,β-unsaturated/α-hetero) is 1. The lowest BCUT2D eigenvalue weighted by Crippen LogP contribution is -2.40. The molecule has 2 aromatic rings. The van der Waals surface area contributed by atoms with E-state index in [0.29, 0.717) is 23.5 Å². The number of carbonyl (C=O) groups excluding carboxylic acids is 2. The fourth-order valence-corrected chi connectivity index (χ4v) is 4.62. The Morgan fingerprint density at radius 3 is 2.50 bits per heavy atom. The monoisotopic (exact) mass is 465 g/mol. The van der Waals surface area contributed by atoms with Crippen LogP contribution >= 0.6 is 0 Å². The van der Waals surface area contributed by atoms with Crippen molar-refractivity contribution in [3.63, 3.8) is 0 Å². The molecule has 1 fully saturated rings. The highest BCUT2D eigenvalue weighted by molar-refractivity contribution is 7.89. The number of nitrogens with zero attached hydrogens (tertiary/aromatic N) is 1. The molecule has 0 unspecified atom stereocenters. The first kappa shape index (κ1) is 23.8. The average Bonchev–Trinajstić information content (AvgIpc) is 2.79. The van der Waals surface area contributed by atoms with Crippen LogP contribution in [0.4, 0.5) is 4.39 Å². The van der Waals surface area contributed by atoms with E-state index in [1.54, 1.807) is 19.1 Å². The summed E-state index contributed by atoms with van der Waals surface area (Å²) in [6.07, 6.45) is 0. The zero-order valence-electron chi connectivity index (χ0n) is 17.8. The zero-order valence-corrected chi connectivity index (χ0v) is 18.6. The van der Waals surface area contributed by atoms with Gasteiger partial charge in [0, 0.05) is 24.2 Å². The predicted molar refractivity (Wildman–Crippen MR) is 113 cm³/mol. The second-order valence-corrected chi connectivity index (χ2v) is 8.98. The van der Waals surface area contributed by atoms with E-state index in [1.807, 2.05) is 0 Å². The minimum absolute atomic E-state index is 0.173. The molecule has 2 aromatic carbocycles. The highest BCUT2D eigenvalue weighted by atomic mass is 32.2. The number of rotatable bonds is 8. The Balaban J connectivity index is 1.82. The lowest BCUT2D eigenvalue weighted by atomic mass is 10.1. The summed E-state index contributed by atoms with van der Waals surface area (Å²) in [5, 5.41) is 0. The molecule has 10 heteroatoms. The van der Waals surface area contributed by atoms with Crippen molar-refractivity contribution in [1.82, 2.24) is 4.31 Å². The molecule has 0 amide bonds. The van der Waals surface area contributed by atoms with Gasteiger partial charge in [-0.2, -0.15) is 4.31 Å². The van der Waals surface area contributed by atoms with Crippen molar-refractivity contribution < 1.29 is 36.6 Å². The summed E-state index contributed by atoms with van der Waals surface area (Å²) in [7, 11) is -3.91. The number of hydrogen-bond donors (Lipinski definition) is 0. The van der Waals surface area contributed by atoms with Crippen molar-refractivity contribution in [2.75, 3.05) is 32.9 Å². The van der Waals surface area contributed by atoms with Gasteiger partial charge in [0.25, 0.3) is 0 Å². The van der Waals surface area contributed by atoms with Gasteiger partial charge in [0.05, 0.1) is 30.3 Å². The SMILES string of the molecule is CCOc1ccc(C(C)=O)cc1COC(=O)c1cc(S(=O)(=O)N2CCOCC2)ccc1F. The fraction of sp³-hybridized carbons (Fsp3) is 0.364. The lowest BCUT2D eigenvalue weighted by Gasteiger charge is -2.26. The summed E-state index contributed by atoms with van der Waals surface area (Å²) in [5.41, 5.74) is 0.342. The summed E-state index contributed by atoms with van der Waals surface area (Å²) in [4.78, 5) is 24.0. The van der Waals surface area contributed by atoms with Gasteiger partial charge in [0.15, 0.2) is 5.78 Å². The van der Waals surface area contributed by atoms with Crippen LogP contribution in [-0.2, 0) is 26.1 Å². The molecule has 0 bridgehead atoms. The maximum absolute atomic E-state index is 14.3. The fourth-order valence-electron chi connectivity index (χ4n) is 3.19. The predicted octanol–water partition coefficient (Wildman–Crippen LogP) is 2.80. The number of halogens is 1. The molecule has 0 radical (unpaired) electrons. The van der Waals surface area contributed by atoms with E-state index in [0.717, 1.165) is 18.2 Å². The lowest BCUT2D eigenvalue weighted by molar-refractivity contribution is 0.0464. The normalized spacial score (nSPS) is 14.7. The van der Waals surface area contributed by atoms with Gasteiger partial charge in [-0.3, -0.25) is 4.79 Å². The first-order chi connectivity index (χ1) is 15.2. The van der Waals surface area contributed by atoms with Gasteiger partial charge in [-0.05, 0) is 50.2 Å². The molecule has 172 valence electrons. The third kappa shape index (κ3) is 5.32. The molecule has 0 atom stereocenters. The Morgan fingerprint density at radius 1 is 1.12 bits per heavy atom. The Bertz CT molecular complexity index is 1110. The number of sulfonamides is 1. The zero-order chi connectivity index (χ0) is 23.3. The molecule has 8 nitrogen and oxygen atoms in total. The number of ether oxygens (including phenoxy) is 3. The highest BCUT2D eigenvalue weighted by Gasteiger charge is 2.28. The standard InChI is InChI=1S/C22H24FNO7S/c1-3-30-21-7-4-16(15(2)25)12-17(21)14-31-22(26)19-13-18(5-6-20(19)23)32(27,28)24-8-10-29-11-9-24/h4-7,12-13H,3,8-11,14H2,1-2H3. The number of carbonyl (C=O) groups is 2. The highest BCUT2D eigenvalue weighted by Crippen LogP contribution is 2.24. The third-order valence-corrected chi connectivity index (χ3v) is 6.79. The molecule has 0 N–H and O–H groups in total. The van der Waals surface area contributed by atoms with E-state index >= 15 is 0 Å². The van der Waals surface area contributed by atoms with Gasteiger partial charge in [-0.15, -0.1) is 0 Å². The number of esters is 1. The molecule has 1 saturated heterocycles. The van der Waals surface area contributed by atoms with Crippen molar-refractivity contribution in [2.24, 2.45) is 0 Å². The molecule has 32 heavy (non-hydrogen) atoms. The molecule has 1 aliphatic heterocycles. The molecule has 0 aliphatic carbocycles. The van der Waals surface area contributed by atoms with Gasteiger partial charge in [-0.1, -0.05) is 0 Å². The molecule has 1 aliphatic rings. The van der Waals surface area contributed by atoms with Gasteiger partial charge >= 0.3 is 5.97 Å². The van der Waals surface area contributed by atoms with Crippen LogP contribution in [0.1, 0.15) is 40.1 Å². The van der Waals surface area contributed by atoms with Crippen molar-refractivity contribution in [2.45, 2.75) is 25.3 Å². The largest absolute Gasteiger partial charge is 0.493 e. The first-order valence-electron chi connectivity index (χ1n) is 10.0. The Kier molecular flexibility index (Phi) is 7.60. The van der Waals surface area contributed by atoms with E-state index < -0.39 is 27.4 Å². The third-order valence-electron chi connectivity index (χ3n) is 4.89. The maximum atomic E-state index is 14.3. The maximum Gasteiger partial charge on any atom is 0.341 e. The van der Waals surface area contributed by atoms with Gasteiger partial charge in [0.1, 0.15) is 18.2 Å². The van der Waals surface area contributed by atoms with Crippen LogP contribution in [-0.4, -0.2) is 57.4 Å². The average molecular weight is 465 g/mol. The van der Waals surface area contributed by atoms with Crippen LogP contribution in [0.3, 0.4) is 0 Å². The second kappa shape index (κ2) is 10.2. The quantitative estimate of drug-likeness (QED) is 0.437. The van der Waals surface area contributed by atoms with Crippen LogP contribution in [0.5, 0.6) is 5.75 Å². The van der Waals surface area contributed by atoms with E-state index in [2.05, 4.69) is 0 Å². The summed E-state index contributed by atoms with van der Waals surface area (Å²) >= 11 is 0. The van der Waals surface area contributed by atoms with Gasteiger partial charge in [-0.25, -0.2) is 17.6 Å². The van der Waals surface area contributed by atoms with Crippen LogP contribution in [0.2, 0.25) is 0 Å². The van der Waals surface area contributed by atoms with Gasteiger partial charge < -0.3 is 14.2 Å². The molecule has 1 heterocycles. The Morgan fingerprint density at radius 2 is 1.84 bits per heavy atom. The number of hydrogen-bond acceptors (Lipinski definition) is 7. The van der Waals surface area contributed by atoms with Crippen LogP contribution in [0.25, 0.3) is 0 Å². The molecule has 3 rings (SSSR count). The number of morpholine rings is 1. The first-order valence-corrected chi connectivity index (χ1v) is 11.5. The minimum atomic E-state index is -3.91. The van der Waals surface area contributed by atoms with Crippen molar-refractivity contribution in [3.05, 3.63) is 58.9 Å². The smallest absolute Gasteiger partial charge is 0.341 e. The second-order valence-electron chi connectivity index (χ2n) is 7.05. The van der Waals surface area contributed by atoms with Crippen molar-refractivity contribution >= 4 is 21.8 Å². The van der Waals surface area contributed by atoms with E-state index in [-0.39, 0.29) is 43.6 Å². The molecular formula is C22H24FNO7S. The molecule has 0 spiro atoms. The summed E-state index contributed by atoms with van der Waals surface area (Å²) < 4.78 is 57.1. The number of benzene rings is 2. The molecular weight excluding hydrogens is 441 g/mol. The van der Waals surface area contributed by atoms with E-state index in [1.165, 1.54) is 17.3 Å². The Labute approximate surface area is 185 Å². The van der Waals surface area contributed by atoms with E-state index in [9.17, 15) is 22.4 Å². The molecule has 0 aromatic heterocycles. The van der Waals surface area contributed by atoms with Crippen molar-refractivity contribution in [1.29, 1.82) is 0 Å². The topological polar surface area (TPSA) is 99.2 Å². The summed E-state index contributed by atoms with van der Waals surface area (Å²) in [5.74, 6) is -1.68.